The second kappa shape index (κ2) is 9.10. The third-order valence-electron chi connectivity index (χ3n) is 4.67. The number of nitrogens with zero attached hydrogens (tertiary/aromatic N) is 4. The lowest BCUT2D eigenvalue weighted by Crippen LogP contribution is -2.11. The van der Waals surface area contributed by atoms with Crippen LogP contribution in [0.4, 0.5) is 11.6 Å². The second-order valence-electron chi connectivity index (χ2n) is 6.85. The van der Waals surface area contributed by atoms with Crippen LogP contribution in [0.1, 0.15) is 11.4 Å². The molecule has 11 heteroatoms. The fourth-order valence-corrected chi connectivity index (χ4v) is 3.62. The van der Waals surface area contributed by atoms with Gasteiger partial charge in [0.15, 0.2) is 5.76 Å². The normalized spacial score (nSPS) is 15.1. The van der Waals surface area contributed by atoms with Gasteiger partial charge in [-0.05, 0) is 48.6 Å². The number of anilines is 2. The van der Waals surface area contributed by atoms with E-state index in [-0.39, 0.29) is 10.6 Å². The topological polar surface area (TPSA) is 157 Å². The number of hydrogen-bond acceptors (Lipinski definition) is 9. The Morgan fingerprint density at radius 2 is 1.85 bits per heavy atom. The summed E-state index contributed by atoms with van der Waals surface area (Å²) in [6, 6.07) is 9.40. The van der Waals surface area contributed by atoms with Gasteiger partial charge in [-0.3, -0.25) is 0 Å². The molecule has 0 radical (unpaired) electrons. The van der Waals surface area contributed by atoms with Gasteiger partial charge in [0, 0.05) is 29.2 Å². The van der Waals surface area contributed by atoms with Crippen molar-refractivity contribution in [3.05, 3.63) is 90.3 Å². The molecule has 0 saturated heterocycles. The second-order valence-corrected chi connectivity index (χ2v) is 8.41. The Morgan fingerprint density at radius 1 is 1.06 bits per heavy atom. The average molecular weight is 462 g/mol. The minimum Gasteiger partial charge on any atom is -0.494 e. The van der Waals surface area contributed by atoms with Crippen LogP contribution in [0.3, 0.4) is 0 Å². The van der Waals surface area contributed by atoms with Crippen LogP contribution < -0.4 is 10.5 Å². The lowest BCUT2D eigenvalue weighted by Gasteiger charge is -2.15. The van der Waals surface area contributed by atoms with Gasteiger partial charge in [-0.25, -0.2) is 33.5 Å². The molecule has 0 unspecified atom stereocenters. The van der Waals surface area contributed by atoms with Crippen molar-refractivity contribution in [3.8, 4) is 0 Å². The van der Waals surface area contributed by atoms with Crippen molar-refractivity contribution in [2.45, 2.75) is 4.90 Å². The fourth-order valence-electron chi connectivity index (χ4n) is 3.11. The molecule has 33 heavy (non-hydrogen) atoms. The van der Waals surface area contributed by atoms with Crippen molar-refractivity contribution in [3.63, 3.8) is 0 Å². The predicted octanol–water partition coefficient (Wildman–Crippen LogP) is 2.69. The Hall–Kier alpha value is -4.22. The maximum absolute atomic E-state index is 11.4. The standard InChI is InChI=1S/C22H19N7O3S/c1-32-21(20-8-10-25-13-27-20)17-12-14(2-7-18(17)23)19-9-11-26-22(29-19)28-15-3-5-16(6-4-15)33(24,30)31/h2-13,23H,1H3,(H2,24,30,31)(H,26,28,29)/b21-17-,23-18?. The van der Waals surface area contributed by atoms with Gasteiger partial charge in [0.05, 0.1) is 23.4 Å². The third-order valence-corrected chi connectivity index (χ3v) is 5.60. The first-order valence-corrected chi connectivity index (χ1v) is 11.2. The van der Waals surface area contributed by atoms with Gasteiger partial charge >= 0.3 is 0 Å². The number of benzene rings is 1. The van der Waals surface area contributed by atoms with E-state index in [0.29, 0.717) is 34.4 Å². The summed E-state index contributed by atoms with van der Waals surface area (Å²) >= 11 is 0. The maximum atomic E-state index is 11.4. The number of nitrogens with two attached hydrogens (primary N) is 1. The number of allylic oxidation sites excluding steroid dienone is 5. The highest BCUT2D eigenvalue weighted by molar-refractivity contribution is 7.89. The van der Waals surface area contributed by atoms with E-state index in [4.69, 9.17) is 15.3 Å². The van der Waals surface area contributed by atoms with Gasteiger partial charge in [0.25, 0.3) is 0 Å². The van der Waals surface area contributed by atoms with E-state index in [0.717, 1.165) is 5.57 Å². The van der Waals surface area contributed by atoms with Crippen molar-refractivity contribution in [2.24, 2.45) is 5.14 Å². The minimum atomic E-state index is -3.77. The molecule has 166 valence electrons. The van der Waals surface area contributed by atoms with Gasteiger partial charge in [-0.15, -0.1) is 0 Å². The van der Waals surface area contributed by atoms with Crippen LogP contribution in [0, 0.1) is 5.41 Å². The molecule has 4 rings (SSSR count). The summed E-state index contributed by atoms with van der Waals surface area (Å²) in [5.41, 5.74) is 3.36. The van der Waals surface area contributed by atoms with E-state index in [1.54, 1.807) is 54.9 Å². The van der Waals surface area contributed by atoms with Crippen molar-refractivity contribution in [1.29, 1.82) is 5.41 Å². The van der Waals surface area contributed by atoms with Crippen LogP contribution >= 0.6 is 0 Å². The molecule has 4 N–H and O–H groups in total. The molecule has 1 aromatic carbocycles. The Labute approximate surface area is 190 Å². The minimum absolute atomic E-state index is 0.0135. The molecule has 10 nitrogen and oxygen atoms in total. The van der Waals surface area contributed by atoms with E-state index in [2.05, 4.69) is 25.3 Å². The number of hydrogen-bond donors (Lipinski definition) is 3. The lowest BCUT2D eigenvalue weighted by atomic mass is 9.96. The average Bonchev–Trinajstić information content (AvgIpc) is 2.81. The summed E-state index contributed by atoms with van der Waals surface area (Å²) in [5, 5.41) is 16.5. The number of sulfonamides is 1. The number of ether oxygens (including phenoxy) is 1. The summed E-state index contributed by atoms with van der Waals surface area (Å²) < 4.78 is 28.4. The largest absolute Gasteiger partial charge is 0.494 e. The van der Waals surface area contributed by atoms with Gasteiger partial charge in [-0.1, -0.05) is 6.08 Å². The summed E-state index contributed by atoms with van der Waals surface area (Å²) in [4.78, 5) is 16.9. The number of primary sulfonamides is 1. The Balaban J connectivity index is 1.65. The van der Waals surface area contributed by atoms with Crippen molar-refractivity contribution in [1.82, 2.24) is 19.9 Å². The molecule has 0 amide bonds. The highest BCUT2D eigenvalue weighted by atomic mass is 32.2. The van der Waals surface area contributed by atoms with Gasteiger partial charge in [0.2, 0.25) is 16.0 Å². The van der Waals surface area contributed by atoms with Crippen LogP contribution in [0.5, 0.6) is 0 Å². The molecule has 2 aromatic heterocycles. The zero-order valence-electron chi connectivity index (χ0n) is 17.4. The molecule has 0 saturated carbocycles. The molecule has 1 aliphatic carbocycles. The van der Waals surface area contributed by atoms with E-state index >= 15 is 0 Å². The Bertz CT molecular complexity index is 1400. The third kappa shape index (κ3) is 5.00. The van der Waals surface area contributed by atoms with Crippen molar-refractivity contribution >= 4 is 38.7 Å². The molecule has 2 heterocycles. The smallest absolute Gasteiger partial charge is 0.238 e. The zero-order valence-corrected chi connectivity index (χ0v) is 18.2. The van der Waals surface area contributed by atoms with Gasteiger partial charge in [-0.2, -0.15) is 0 Å². The Kier molecular flexibility index (Phi) is 6.07. The van der Waals surface area contributed by atoms with Crippen LogP contribution in [-0.2, 0) is 14.8 Å². The summed E-state index contributed by atoms with van der Waals surface area (Å²) in [5.74, 6) is 0.769. The maximum Gasteiger partial charge on any atom is 0.238 e. The summed E-state index contributed by atoms with van der Waals surface area (Å²) in [6.07, 6.45) is 9.86. The molecule has 3 aromatic rings. The van der Waals surface area contributed by atoms with E-state index in [9.17, 15) is 8.42 Å². The molecule has 0 atom stereocenters. The molecule has 0 spiro atoms. The first kappa shape index (κ1) is 22.0. The first-order chi connectivity index (χ1) is 15.8. The highest BCUT2D eigenvalue weighted by Crippen LogP contribution is 2.28. The fraction of sp³-hybridized carbons (Fsp3) is 0.0455. The van der Waals surface area contributed by atoms with E-state index in [1.807, 2.05) is 0 Å². The molecule has 0 fully saturated rings. The SMILES string of the molecule is CO/C(=C1/C=C(c2ccnc(Nc3ccc(S(N)(=O)=O)cc3)n2)C=CC1=N)c1ccncn1. The van der Waals surface area contributed by atoms with Crippen LogP contribution in [0.15, 0.2) is 83.8 Å². The predicted molar refractivity (Wildman–Crippen MR) is 124 cm³/mol. The molecule has 0 bridgehead atoms. The molecule has 1 aliphatic rings. The van der Waals surface area contributed by atoms with Crippen molar-refractivity contribution in [2.75, 3.05) is 12.4 Å². The number of aromatic nitrogens is 4. The van der Waals surface area contributed by atoms with Crippen LogP contribution in [0.25, 0.3) is 11.3 Å². The lowest BCUT2D eigenvalue weighted by molar-refractivity contribution is 0.367. The molecular weight excluding hydrogens is 442 g/mol. The number of rotatable bonds is 6. The van der Waals surface area contributed by atoms with Crippen molar-refractivity contribution < 1.29 is 13.2 Å². The zero-order chi connectivity index (χ0) is 23.4. The first-order valence-electron chi connectivity index (χ1n) is 9.62. The Morgan fingerprint density at radius 3 is 2.52 bits per heavy atom. The summed E-state index contributed by atoms with van der Waals surface area (Å²) in [7, 11) is -2.24. The highest BCUT2D eigenvalue weighted by Gasteiger charge is 2.18. The number of nitrogens with one attached hydrogen (secondary N) is 2. The summed E-state index contributed by atoms with van der Waals surface area (Å²) in [6.45, 7) is 0. The van der Waals surface area contributed by atoms with Gasteiger partial charge in [0.1, 0.15) is 12.0 Å². The van der Waals surface area contributed by atoms with Gasteiger partial charge < -0.3 is 15.5 Å². The van der Waals surface area contributed by atoms with Crippen LogP contribution in [-0.4, -0.2) is 41.2 Å². The van der Waals surface area contributed by atoms with E-state index in [1.165, 1.54) is 25.6 Å². The monoisotopic (exact) mass is 461 g/mol. The number of methoxy groups -OCH3 is 1. The quantitative estimate of drug-likeness (QED) is 0.473. The van der Waals surface area contributed by atoms with E-state index < -0.39 is 10.0 Å². The molecular formula is C22H19N7O3S. The molecule has 0 aliphatic heterocycles. The van der Waals surface area contributed by atoms with Crippen LogP contribution in [0.2, 0.25) is 0 Å².